The van der Waals surface area contributed by atoms with E-state index in [1.807, 2.05) is 12.1 Å². The van der Waals surface area contributed by atoms with Crippen LogP contribution in [-0.4, -0.2) is 8.07 Å². The summed E-state index contributed by atoms with van der Waals surface area (Å²) >= 11 is 12.7. The lowest BCUT2D eigenvalue weighted by molar-refractivity contribution is 0.973. The zero-order chi connectivity index (χ0) is 29.1. The Morgan fingerprint density at radius 1 is 0.561 bits per heavy atom. The highest BCUT2D eigenvalue weighted by Gasteiger charge is 2.48. The fourth-order valence-corrected chi connectivity index (χ4v) is 13.5. The maximum Gasteiger partial charge on any atom is 0.0721 e. The largest absolute Gasteiger partial charge is 0.0843 e. The van der Waals surface area contributed by atoms with Crippen molar-refractivity contribution in [1.29, 1.82) is 0 Å². The van der Waals surface area contributed by atoms with E-state index in [9.17, 15) is 0 Å². The first-order chi connectivity index (χ1) is 19.6. The van der Waals surface area contributed by atoms with Gasteiger partial charge < -0.3 is 0 Å². The fraction of sp³-hybridized carbons (Fsp3) is 0.263. The first kappa shape index (κ1) is 28.3. The molecule has 0 fully saturated rings. The minimum absolute atomic E-state index is 0.233. The standard InChI is InChI=1S/C38H38Cl2Si/c1-23-19-27(39)15-17-29(23)31-11-7-9-13-33-35(31)21-25(3)37(33)41(5,6)38-26(4)22-36-32(12-8-10-14-34(36)38)30-18-16-28(40)20-24(30)2/h7-22,31-32,37-38H,1-6H3. The first-order valence-electron chi connectivity index (χ1n) is 14.6. The third-order valence-corrected chi connectivity index (χ3v) is 14.6. The molecule has 4 aliphatic carbocycles. The van der Waals surface area contributed by atoms with Gasteiger partial charge in [-0.3, -0.25) is 0 Å². The van der Waals surface area contributed by atoms with Gasteiger partial charge in [-0.05, 0) is 96.5 Å². The van der Waals surface area contributed by atoms with Gasteiger partial charge in [0.25, 0.3) is 0 Å². The normalized spacial score (nSPS) is 25.3. The van der Waals surface area contributed by atoms with Crippen LogP contribution >= 0.6 is 23.2 Å². The van der Waals surface area contributed by atoms with Crippen LogP contribution in [0.5, 0.6) is 0 Å². The van der Waals surface area contributed by atoms with Crippen molar-refractivity contribution in [3.8, 4) is 0 Å². The highest BCUT2D eigenvalue weighted by molar-refractivity contribution is 6.83. The van der Waals surface area contributed by atoms with Crippen molar-refractivity contribution in [2.24, 2.45) is 0 Å². The zero-order valence-electron chi connectivity index (χ0n) is 24.8. The minimum Gasteiger partial charge on any atom is -0.0843 e. The second kappa shape index (κ2) is 10.8. The number of aryl methyl sites for hydroxylation is 2. The second-order valence-electron chi connectivity index (χ2n) is 12.7. The van der Waals surface area contributed by atoms with Crippen LogP contribution in [0.2, 0.25) is 34.2 Å². The SMILES string of the molecule is CC1=CC2=C(C=CC=CC2c2ccc(Cl)cc2C)C1[Si](C)(C)C1C(C)=CC2=C1C=CC=CC2c1ccc(Cl)cc1C. The molecule has 0 amide bonds. The van der Waals surface area contributed by atoms with Crippen LogP contribution in [0.25, 0.3) is 0 Å². The Labute approximate surface area is 256 Å². The lowest BCUT2D eigenvalue weighted by Gasteiger charge is -2.40. The molecule has 0 spiro atoms. The summed E-state index contributed by atoms with van der Waals surface area (Å²) in [6, 6.07) is 12.7. The Hall–Kier alpha value is -2.84. The van der Waals surface area contributed by atoms with Gasteiger partial charge in [-0.2, -0.15) is 0 Å². The van der Waals surface area contributed by atoms with Gasteiger partial charge in [-0.25, -0.2) is 0 Å². The van der Waals surface area contributed by atoms with Crippen molar-refractivity contribution in [3.05, 3.63) is 163 Å². The highest BCUT2D eigenvalue weighted by Crippen LogP contribution is 2.58. The van der Waals surface area contributed by atoms with E-state index in [4.69, 9.17) is 23.2 Å². The smallest absolute Gasteiger partial charge is 0.0721 e. The average molecular weight is 594 g/mol. The number of rotatable bonds is 4. The van der Waals surface area contributed by atoms with E-state index in [2.05, 4.69) is 126 Å². The van der Waals surface area contributed by atoms with Crippen LogP contribution in [0, 0.1) is 13.8 Å². The monoisotopic (exact) mass is 592 g/mol. The van der Waals surface area contributed by atoms with Crippen LogP contribution in [0.3, 0.4) is 0 Å². The number of hydrogen-bond donors (Lipinski definition) is 0. The molecular weight excluding hydrogens is 555 g/mol. The summed E-state index contributed by atoms with van der Waals surface area (Å²) in [7, 11) is -1.98. The molecule has 41 heavy (non-hydrogen) atoms. The summed E-state index contributed by atoms with van der Waals surface area (Å²) in [5, 5.41) is 1.60. The molecule has 4 unspecified atom stereocenters. The van der Waals surface area contributed by atoms with Crippen LogP contribution in [0.4, 0.5) is 0 Å². The third kappa shape index (κ3) is 4.87. The summed E-state index contributed by atoms with van der Waals surface area (Å²) in [4.78, 5) is 0. The van der Waals surface area contributed by atoms with Crippen LogP contribution in [0.1, 0.15) is 47.9 Å². The van der Waals surface area contributed by atoms with Crippen molar-refractivity contribution >= 4 is 31.3 Å². The van der Waals surface area contributed by atoms with Crippen LogP contribution in [0.15, 0.2) is 131 Å². The molecule has 0 saturated carbocycles. The van der Waals surface area contributed by atoms with E-state index in [-0.39, 0.29) is 11.8 Å². The number of allylic oxidation sites excluding steroid dienone is 16. The van der Waals surface area contributed by atoms with Crippen molar-refractivity contribution in [2.75, 3.05) is 0 Å². The molecule has 0 saturated heterocycles. The van der Waals surface area contributed by atoms with Gasteiger partial charge in [0.05, 0.1) is 8.07 Å². The highest BCUT2D eigenvalue weighted by atomic mass is 35.5. The van der Waals surface area contributed by atoms with E-state index < -0.39 is 8.07 Å². The van der Waals surface area contributed by atoms with Crippen molar-refractivity contribution in [2.45, 2.75) is 63.7 Å². The number of benzene rings is 2. The van der Waals surface area contributed by atoms with Crippen molar-refractivity contribution in [1.82, 2.24) is 0 Å². The maximum atomic E-state index is 6.35. The molecule has 2 aromatic carbocycles. The first-order valence-corrected chi connectivity index (χ1v) is 18.6. The van der Waals surface area contributed by atoms with Gasteiger partial charge in [0.2, 0.25) is 0 Å². The molecule has 0 bridgehead atoms. The summed E-state index contributed by atoms with van der Waals surface area (Å²) in [5.41, 5.74) is 15.0. The van der Waals surface area contributed by atoms with Gasteiger partial charge in [-0.1, -0.05) is 120 Å². The molecule has 0 radical (unpaired) electrons. The van der Waals surface area contributed by atoms with Crippen LogP contribution < -0.4 is 0 Å². The minimum atomic E-state index is -1.98. The van der Waals surface area contributed by atoms with Crippen LogP contribution in [-0.2, 0) is 0 Å². The fourth-order valence-electron chi connectivity index (χ4n) is 8.11. The molecule has 0 N–H and O–H groups in total. The predicted molar refractivity (Wildman–Crippen MR) is 181 cm³/mol. The molecule has 4 atom stereocenters. The molecule has 0 nitrogen and oxygen atoms in total. The van der Waals surface area contributed by atoms with E-state index in [0.29, 0.717) is 11.1 Å². The molecule has 0 heterocycles. The summed E-state index contributed by atoms with van der Waals surface area (Å²) < 4.78 is 0. The second-order valence-corrected chi connectivity index (χ2v) is 18.4. The Kier molecular flexibility index (Phi) is 7.43. The lowest BCUT2D eigenvalue weighted by atomic mass is 9.87. The van der Waals surface area contributed by atoms with E-state index in [0.717, 1.165) is 10.0 Å². The third-order valence-electron chi connectivity index (χ3n) is 9.64. The van der Waals surface area contributed by atoms with E-state index in [1.165, 1.54) is 55.7 Å². The van der Waals surface area contributed by atoms with E-state index >= 15 is 0 Å². The summed E-state index contributed by atoms with van der Waals surface area (Å²) in [6.07, 6.45) is 23.5. The van der Waals surface area contributed by atoms with Gasteiger partial charge in [0.1, 0.15) is 0 Å². The van der Waals surface area contributed by atoms with Gasteiger partial charge in [0.15, 0.2) is 0 Å². The molecule has 208 valence electrons. The lowest BCUT2D eigenvalue weighted by Crippen LogP contribution is -2.39. The summed E-state index contributed by atoms with van der Waals surface area (Å²) in [6.45, 7) is 14.3. The van der Waals surface area contributed by atoms with Gasteiger partial charge in [0, 0.05) is 33.0 Å². The molecule has 2 aromatic rings. The van der Waals surface area contributed by atoms with Gasteiger partial charge >= 0.3 is 0 Å². The topological polar surface area (TPSA) is 0 Å². The van der Waals surface area contributed by atoms with Crippen molar-refractivity contribution < 1.29 is 0 Å². The number of hydrogen-bond acceptors (Lipinski definition) is 0. The van der Waals surface area contributed by atoms with E-state index in [1.54, 1.807) is 0 Å². The molecule has 4 aliphatic rings. The zero-order valence-corrected chi connectivity index (χ0v) is 27.3. The predicted octanol–water partition coefficient (Wildman–Crippen LogP) is 11.7. The van der Waals surface area contributed by atoms with Crippen molar-refractivity contribution in [3.63, 3.8) is 0 Å². The summed E-state index contributed by atoms with van der Waals surface area (Å²) in [5.74, 6) is 0.465. The Bertz CT molecular complexity index is 1560. The molecule has 0 aromatic heterocycles. The molecule has 3 heteroatoms. The molecule has 6 rings (SSSR count). The average Bonchev–Trinajstić information content (AvgIpc) is 3.25. The number of halogens is 2. The molecule has 0 aliphatic heterocycles. The Morgan fingerprint density at radius 2 is 0.976 bits per heavy atom. The quantitative estimate of drug-likeness (QED) is 0.309. The molecular formula is C38H38Cl2Si. The Morgan fingerprint density at radius 3 is 1.37 bits per heavy atom. The maximum absolute atomic E-state index is 6.35. The van der Waals surface area contributed by atoms with Gasteiger partial charge in [-0.15, -0.1) is 0 Å². The Balaban J connectivity index is 1.44.